The van der Waals surface area contributed by atoms with Crippen LogP contribution < -0.4 is 15.0 Å². The largest absolute Gasteiger partial charge is 0.495 e. The second-order valence-corrected chi connectivity index (χ2v) is 8.37. The zero-order chi connectivity index (χ0) is 21.9. The average molecular weight is 561 g/mol. The van der Waals surface area contributed by atoms with Crippen LogP contribution in [0.3, 0.4) is 0 Å². The molecule has 7 nitrogen and oxygen atoms in total. The molecule has 0 radical (unpaired) electrons. The number of ether oxygens (including phenoxy) is 3. The molecule has 1 N–H and O–H groups in total. The molecule has 2 aliphatic heterocycles. The van der Waals surface area contributed by atoms with Gasteiger partial charge in [-0.3, -0.25) is 4.99 Å². The first-order valence-electron chi connectivity index (χ1n) is 11.8. The van der Waals surface area contributed by atoms with Gasteiger partial charge in [0.2, 0.25) is 0 Å². The smallest absolute Gasteiger partial charge is 0.193 e. The van der Waals surface area contributed by atoms with Gasteiger partial charge in [0.25, 0.3) is 0 Å². The van der Waals surface area contributed by atoms with Crippen molar-refractivity contribution in [2.75, 3.05) is 71.6 Å². The van der Waals surface area contributed by atoms with Crippen LogP contribution in [-0.2, 0) is 9.47 Å². The highest BCUT2D eigenvalue weighted by Crippen LogP contribution is 2.32. The molecule has 0 aliphatic carbocycles. The lowest BCUT2D eigenvalue weighted by Crippen LogP contribution is -2.47. The number of halogens is 1. The summed E-state index contributed by atoms with van der Waals surface area (Å²) >= 11 is 0. The molecule has 182 valence electrons. The van der Waals surface area contributed by atoms with E-state index in [-0.39, 0.29) is 24.0 Å². The molecule has 0 aromatic heterocycles. The van der Waals surface area contributed by atoms with Crippen LogP contribution in [0.25, 0.3) is 0 Å². The fraction of sp³-hybridized carbons (Fsp3) is 0.708. The molecule has 8 heteroatoms. The molecule has 2 aliphatic rings. The van der Waals surface area contributed by atoms with Crippen LogP contribution >= 0.6 is 24.0 Å². The number of likely N-dealkylation sites (tertiary alicyclic amines) is 1. The lowest BCUT2D eigenvalue weighted by molar-refractivity contribution is 0.00990. The molecule has 2 saturated heterocycles. The van der Waals surface area contributed by atoms with Crippen molar-refractivity contribution in [3.63, 3.8) is 0 Å². The van der Waals surface area contributed by atoms with Crippen molar-refractivity contribution in [1.82, 2.24) is 10.2 Å². The molecule has 1 unspecified atom stereocenters. The Morgan fingerprint density at radius 3 is 2.59 bits per heavy atom. The maximum Gasteiger partial charge on any atom is 0.193 e. The van der Waals surface area contributed by atoms with E-state index in [2.05, 4.69) is 34.2 Å². The molecular weight excluding hydrogens is 519 g/mol. The second-order valence-electron chi connectivity index (χ2n) is 8.37. The van der Waals surface area contributed by atoms with Gasteiger partial charge in [0.1, 0.15) is 5.75 Å². The number of anilines is 1. The highest BCUT2D eigenvalue weighted by Gasteiger charge is 2.26. The summed E-state index contributed by atoms with van der Waals surface area (Å²) in [6.45, 7) is 9.54. The van der Waals surface area contributed by atoms with Gasteiger partial charge in [-0.1, -0.05) is 12.1 Å². The SMILES string of the molecule is CCNC(=NCC1CCN(c2ccccc2OC)C1)N1CCC(OCCCOC)CC1.I. The molecular formula is C24H41IN4O3. The third-order valence-electron chi connectivity index (χ3n) is 6.13. The average Bonchev–Trinajstić information content (AvgIpc) is 3.29. The summed E-state index contributed by atoms with van der Waals surface area (Å²) in [4.78, 5) is 9.84. The van der Waals surface area contributed by atoms with Gasteiger partial charge < -0.3 is 29.3 Å². The molecule has 32 heavy (non-hydrogen) atoms. The number of rotatable bonds is 10. The first-order valence-corrected chi connectivity index (χ1v) is 11.8. The predicted octanol–water partition coefficient (Wildman–Crippen LogP) is 3.62. The summed E-state index contributed by atoms with van der Waals surface area (Å²) in [5, 5.41) is 3.50. The summed E-state index contributed by atoms with van der Waals surface area (Å²) in [5.74, 6) is 2.57. The Balaban J connectivity index is 0.00000363. The van der Waals surface area contributed by atoms with E-state index >= 15 is 0 Å². The van der Waals surface area contributed by atoms with Crippen LogP contribution in [-0.4, -0.2) is 83.7 Å². The Hall–Kier alpha value is -1.26. The highest BCUT2D eigenvalue weighted by molar-refractivity contribution is 14.0. The minimum Gasteiger partial charge on any atom is -0.495 e. The Bertz CT molecular complexity index is 683. The van der Waals surface area contributed by atoms with E-state index in [1.807, 2.05) is 12.1 Å². The van der Waals surface area contributed by atoms with Crippen molar-refractivity contribution in [2.24, 2.45) is 10.9 Å². The number of hydrogen-bond acceptors (Lipinski definition) is 5. The Morgan fingerprint density at radius 2 is 1.88 bits per heavy atom. The summed E-state index contributed by atoms with van der Waals surface area (Å²) in [6, 6.07) is 8.29. The van der Waals surface area contributed by atoms with Gasteiger partial charge in [0.05, 0.1) is 18.9 Å². The van der Waals surface area contributed by atoms with Gasteiger partial charge in [-0.2, -0.15) is 0 Å². The summed E-state index contributed by atoms with van der Waals surface area (Å²) in [5.41, 5.74) is 1.19. The van der Waals surface area contributed by atoms with Crippen molar-refractivity contribution in [3.05, 3.63) is 24.3 Å². The Morgan fingerprint density at radius 1 is 1.09 bits per heavy atom. The maximum absolute atomic E-state index is 6.00. The normalized spacial score (nSPS) is 19.7. The van der Waals surface area contributed by atoms with Gasteiger partial charge >= 0.3 is 0 Å². The standard InChI is InChI=1S/C24H40N4O3.HI/c1-4-25-24(27-14-11-21(12-15-27)31-17-7-16-29-2)26-18-20-10-13-28(19-20)22-8-5-6-9-23(22)30-3;/h5-6,8-9,20-21H,4,7,10-19H2,1-3H3,(H,25,26);1H. The predicted molar refractivity (Wildman–Crippen MR) is 142 cm³/mol. The topological polar surface area (TPSA) is 58.6 Å². The molecule has 1 atom stereocenters. The number of methoxy groups -OCH3 is 2. The minimum absolute atomic E-state index is 0. The highest BCUT2D eigenvalue weighted by atomic mass is 127. The van der Waals surface area contributed by atoms with E-state index in [4.69, 9.17) is 19.2 Å². The number of nitrogens with one attached hydrogen (secondary N) is 1. The number of nitrogens with zero attached hydrogens (tertiary/aromatic N) is 3. The van der Waals surface area contributed by atoms with Crippen LogP contribution in [0, 0.1) is 5.92 Å². The fourth-order valence-electron chi connectivity index (χ4n) is 4.42. The van der Waals surface area contributed by atoms with E-state index in [1.165, 1.54) is 12.1 Å². The number of piperidine rings is 1. The zero-order valence-corrected chi connectivity index (χ0v) is 22.3. The second kappa shape index (κ2) is 14.8. The van der Waals surface area contributed by atoms with Gasteiger partial charge in [0, 0.05) is 59.6 Å². The van der Waals surface area contributed by atoms with E-state index in [0.29, 0.717) is 12.0 Å². The Labute approximate surface area is 210 Å². The van der Waals surface area contributed by atoms with E-state index in [9.17, 15) is 0 Å². The number of para-hydroxylation sites is 2. The third kappa shape index (κ3) is 7.95. The first kappa shape index (κ1) is 27.0. The molecule has 0 saturated carbocycles. The first-order chi connectivity index (χ1) is 15.2. The number of guanidine groups is 1. The van der Waals surface area contributed by atoms with Gasteiger partial charge in [0.15, 0.2) is 5.96 Å². The third-order valence-corrected chi connectivity index (χ3v) is 6.13. The molecule has 2 fully saturated rings. The van der Waals surface area contributed by atoms with Crippen LogP contribution in [0.5, 0.6) is 5.75 Å². The van der Waals surface area contributed by atoms with Gasteiger partial charge in [-0.15, -0.1) is 24.0 Å². The molecule has 0 amide bonds. The van der Waals surface area contributed by atoms with Crippen LogP contribution in [0.4, 0.5) is 5.69 Å². The fourth-order valence-corrected chi connectivity index (χ4v) is 4.42. The minimum atomic E-state index is 0. The quantitative estimate of drug-likeness (QED) is 0.204. The zero-order valence-electron chi connectivity index (χ0n) is 19.9. The summed E-state index contributed by atoms with van der Waals surface area (Å²) in [7, 11) is 3.48. The molecule has 0 spiro atoms. The monoisotopic (exact) mass is 560 g/mol. The lowest BCUT2D eigenvalue weighted by atomic mass is 10.1. The van der Waals surface area contributed by atoms with Crippen molar-refractivity contribution in [3.8, 4) is 5.75 Å². The number of hydrogen-bond donors (Lipinski definition) is 1. The maximum atomic E-state index is 6.00. The van der Waals surface area contributed by atoms with E-state index < -0.39 is 0 Å². The number of aliphatic imine (C=N–C) groups is 1. The molecule has 1 aromatic carbocycles. The summed E-state index contributed by atoms with van der Waals surface area (Å²) in [6.07, 6.45) is 4.61. The van der Waals surface area contributed by atoms with E-state index in [1.54, 1.807) is 14.2 Å². The summed E-state index contributed by atoms with van der Waals surface area (Å²) < 4.78 is 16.6. The van der Waals surface area contributed by atoms with Gasteiger partial charge in [-0.25, -0.2) is 0 Å². The van der Waals surface area contributed by atoms with Crippen LogP contribution in [0.2, 0.25) is 0 Å². The Kier molecular flexibility index (Phi) is 12.5. The molecule has 0 bridgehead atoms. The molecule has 1 aromatic rings. The van der Waals surface area contributed by atoms with Gasteiger partial charge in [-0.05, 0) is 50.7 Å². The lowest BCUT2D eigenvalue weighted by Gasteiger charge is -2.34. The van der Waals surface area contributed by atoms with Crippen molar-refractivity contribution in [1.29, 1.82) is 0 Å². The van der Waals surface area contributed by atoms with Crippen LogP contribution in [0.15, 0.2) is 29.3 Å². The van der Waals surface area contributed by atoms with Crippen molar-refractivity contribution >= 4 is 35.6 Å². The van der Waals surface area contributed by atoms with E-state index in [0.717, 1.165) is 83.5 Å². The van der Waals surface area contributed by atoms with Crippen molar-refractivity contribution in [2.45, 2.75) is 38.7 Å². The van der Waals surface area contributed by atoms with Crippen molar-refractivity contribution < 1.29 is 14.2 Å². The molecule has 2 heterocycles. The molecule has 3 rings (SSSR count). The van der Waals surface area contributed by atoms with Crippen LogP contribution in [0.1, 0.15) is 32.6 Å². The number of benzene rings is 1.